The summed E-state index contributed by atoms with van der Waals surface area (Å²) in [6.07, 6.45) is 2.58. The Morgan fingerprint density at radius 1 is 1.10 bits per heavy atom. The highest BCUT2D eigenvalue weighted by Gasteiger charge is 1.97. The zero-order valence-corrected chi connectivity index (χ0v) is 10.6. The maximum Gasteiger partial charge on any atom is 0.328 e. The van der Waals surface area contributed by atoms with Gasteiger partial charge >= 0.3 is 5.97 Å². The molecular formula is C16H13FO3. The molecule has 0 spiro atoms. The molecule has 0 saturated heterocycles. The molecule has 2 rings (SSSR count). The van der Waals surface area contributed by atoms with Crippen LogP contribution in [0.5, 0.6) is 5.75 Å². The number of carboxylic acid groups (broad SMARTS) is 1. The molecule has 0 heterocycles. The van der Waals surface area contributed by atoms with Crippen LogP contribution < -0.4 is 4.74 Å². The summed E-state index contributed by atoms with van der Waals surface area (Å²) in [6, 6.07) is 13.1. The summed E-state index contributed by atoms with van der Waals surface area (Å²) in [7, 11) is 0. The number of halogens is 1. The van der Waals surface area contributed by atoms with Gasteiger partial charge in [-0.1, -0.05) is 24.3 Å². The van der Waals surface area contributed by atoms with Crippen LogP contribution in [0.15, 0.2) is 54.6 Å². The topological polar surface area (TPSA) is 46.5 Å². The largest absolute Gasteiger partial charge is 0.489 e. The first-order valence-corrected chi connectivity index (χ1v) is 6.02. The van der Waals surface area contributed by atoms with Gasteiger partial charge in [-0.05, 0) is 41.5 Å². The molecule has 1 N–H and O–H groups in total. The fraction of sp³-hybridized carbons (Fsp3) is 0.0625. The molecule has 0 aromatic heterocycles. The highest BCUT2D eigenvalue weighted by molar-refractivity contribution is 5.85. The first kappa shape index (κ1) is 13.8. The Morgan fingerprint density at radius 3 is 2.35 bits per heavy atom. The minimum absolute atomic E-state index is 0.275. The van der Waals surface area contributed by atoms with E-state index in [2.05, 4.69) is 0 Å². The van der Waals surface area contributed by atoms with Crippen LogP contribution in [0.2, 0.25) is 0 Å². The van der Waals surface area contributed by atoms with Crippen LogP contribution in [0, 0.1) is 5.82 Å². The van der Waals surface area contributed by atoms with E-state index >= 15 is 0 Å². The second kappa shape index (κ2) is 6.52. The lowest BCUT2D eigenvalue weighted by molar-refractivity contribution is -0.131. The molecule has 0 aliphatic heterocycles. The van der Waals surface area contributed by atoms with Gasteiger partial charge in [0, 0.05) is 6.08 Å². The van der Waals surface area contributed by atoms with E-state index in [0.717, 1.165) is 17.2 Å². The molecule has 0 radical (unpaired) electrons. The molecule has 0 saturated carbocycles. The summed E-state index contributed by atoms with van der Waals surface area (Å²) < 4.78 is 18.3. The van der Waals surface area contributed by atoms with Gasteiger partial charge < -0.3 is 9.84 Å². The van der Waals surface area contributed by atoms with Gasteiger partial charge in [-0.15, -0.1) is 0 Å². The van der Waals surface area contributed by atoms with Gasteiger partial charge in [-0.2, -0.15) is 0 Å². The molecule has 0 atom stereocenters. The average Bonchev–Trinajstić information content (AvgIpc) is 2.45. The van der Waals surface area contributed by atoms with Crippen LogP contribution in [0.4, 0.5) is 4.39 Å². The molecule has 2 aromatic carbocycles. The van der Waals surface area contributed by atoms with Crippen molar-refractivity contribution in [2.45, 2.75) is 6.61 Å². The Morgan fingerprint density at radius 2 is 1.75 bits per heavy atom. The molecule has 2 aromatic rings. The number of aliphatic carboxylic acids is 1. The standard InChI is InChI=1S/C16H13FO3/c17-14-6-1-13(2-7-14)11-20-15-8-3-12(4-9-15)5-10-16(18)19/h1-10H,11H2,(H,18,19). The summed E-state index contributed by atoms with van der Waals surface area (Å²) in [4.78, 5) is 10.4. The van der Waals surface area contributed by atoms with Crippen molar-refractivity contribution < 1.29 is 19.0 Å². The molecule has 0 unspecified atom stereocenters. The second-order valence-corrected chi connectivity index (χ2v) is 4.16. The van der Waals surface area contributed by atoms with E-state index in [1.807, 2.05) is 0 Å². The molecule has 0 fully saturated rings. The van der Waals surface area contributed by atoms with Gasteiger partial charge in [0.05, 0.1) is 0 Å². The minimum atomic E-state index is -0.985. The van der Waals surface area contributed by atoms with Crippen LogP contribution in [-0.2, 0) is 11.4 Å². The number of hydrogen-bond donors (Lipinski definition) is 1. The molecule has 4 heteroatoms. The highest BCUT2D eigenvalue weighted by Crippen LogP contribution is 2.15. The second-order valence-electron chi connectivity index (χ2n) is 4.16. The summed E-state index contributed by atoms with van der Waals surface area (Å²) in [5.41, 5.74) is 1.66. The molecule has 0 aliphatic rings. The van der Waals surface area contributed by atoms with Crippen LogP contribution in [0.1, 0.15) is 11.1 Å². The van der Waals surface area contributed by atoms with Crippen molar-refractivity contribution in [3.8, 4) is 5.75 Å². The van der Waals surface area contributed by atoms with Crippen LogP contribution in [0.3, 0.4) is 0 Å². The average molecular weight is 272 g/mol. The lowest BCUT2D eigenvalue weighted by atomic mass is 10.2. The normalized spacial score (nSPS) is 10.7. The third kappa shape index (κ3) is 4.24. The maximum atomic E-state index is 12.7. The SMILES string of the molecule is O=C(O)C=Cc1ccc(OCc2ccc(F)cc2)cc1. The van der Waals surface area contributed by atoms with E-state index in [-0.39, 0.29) is 5.82 Å². The van der Waals surface area contributed by atoms with Crippen LogP contribution in [-0.4, -0.2) is 11.1 Å². The van der Waals surface area contributed by atoms with Crippen molar-refractivity contribution in [2.75, 3.05) is 0 Å². The van der Waals surface area contributed by atoms with Gasteiger partial charge in [0.15, 0.2) is 0 Å². The predicted molar refractivity (Wildman–Crippen MR) is 73.8 cm³/mol. The van der Waals surface area contributed by atoms with Crippen LogP contribution in [0.25, 0.3) is 6.08 Å². The zero-order chi connectivity index (χ0) is 14.4. The summed E-state index contributed by atoms with van der Waals surface area (Å²) >= 11 is 0. The molecule has 0 amide bonds. The van der Waals surface area contributed by atoms with Crippen molar-refractivity contribution in [1.82, 2.24) is 0 Å². The van der Waals surface area contributed by atoms with Crippen molar-refractivity contribution in [1.29, 1.82) is 0 Å². The number of benzene rings is 2. The first-order chi connectivity index (χ1) is 9.63. The van der Waals surface area contributed by atoms with E-state index in [0.29, 0.717) is 12.4 Å². The molecule has 102 valence electrons. The molecule has 0 bridgehead atoms. The lowest BCUT2D eigenvalue weighted by Gasteiger charge is -2.06. The monoisotopic (exact) mass is 272 g/mol. The summed E-state index contributed by atoms with van der Waals surface area (Å²) in [6.45, 7) is 0.352. The fourth-order valence-corrected chi connectivity index (χ4v) is 1.59. The van der Waals surface area contributed by atoms with Gasteiger partial charge in [0.1, 0.15) is 18.2 Å². The maximum absolute atomic E-state index is 12.7. The third-order valence-corrected chi connectivity index (χ3v) is 2.62. The molecular weight excluding hydrogens is 259 g/mol. The Hall–Kier alpha value is -2.62. The third-order valence-electron chi connectivity index (χ3n) is 2.62. The quantitative estimate of drug-likeness (QED) is 0.847. The van der Waals surface area contributed by atoms with Gasteiger partial charge in [0.2, 0.25) is 0 Å². The van der Waals surface area contributed by atoms with Gasteiger partial charge in [-0.3, -0.25) is 0 Å². The summed E-state index contributed by atoms with van der Waals surface area (Å²) in [5.74, 6) is -0.591. The van der Waals surface area contributed by atoms with Crippen molar-refractivity contribution in [3.63, 3.8) is 0 Å². The number of hydrogen-bond acceptors (Lipinski definition) is 2. The molecule has 0 aliphatic carbocycles. The Labute approximate surface area is 115 Å². The Bertz CT molecular complexity index is 601. The van der Waals surface area contributed by atoms with E-state index in [1.165, 1.54) is 18.2 Å². The number of carbonyl (C=O) groups is 1. The zero-order valence-electron chi connectivity index (χ0n) is 10.6. The highest BCUT2D eigenvalue weighted by atomic mass is 19.1. The fourth-order valence-electron chi connectivity index (χ4n) is 1.59. The van der Waals surface area contributed by atoms with Crippen molar-refractivity contribution in [2.24, 2.45) is 0 Å². The number of rotatable bonds is 5. The molecule has 3 nitrogen and oxygen atoms in total. The smallest absolute Gasteiger partial charge is 0.328 e. The van der Waals surface area contributed by atoms with E-state index in [1.54, 1.807) is 36.4 Å². The number of carboxylic acids is 1. The van der Waals surface area contributed by atoms with Crippen molar-refractivity contribution >= 4 is 12.0 Å². The predicted octanol–water partition coefficient (Wildman–Crippen LogP) is 3.50. The Balaban J connectivity index is 1.93. The molecule has 20 heavy (non-hydrogen) atoms. The summed E-state index contributed by atoms with van der Waals surface area (Å²) in [5, 5.41) is 8.52. The van der Waals surface area contributed by atoms with Gasteiger partial charge in [0.25, 0.3) is 0 Å². The van der Waals surface area contributed by atoms with Gasteiger partial charge in [-0.25, -0.2) is 9.18 Å². The van der Waals surface area contributed by atoms with Crippen LogP contribution >= 0.6 is 0 Å². The lowest BCUT2D eigenvalue weighted by Crippen LogP contribution is -1.95. The van der Waals surface area contributed by atoms with E-state index in [9.17, 15) is 9.18 Å². The first-order valence-electron chi connectivity index (χ1n) is 6.02. The van der Waals surface area contributed by atoms with E-state index in [4.69, 9.17) is 9.84 Å². The van der Waals surface area contributed by atoms with E-state index < -0.39 is 5.97 Å². The number of ether oxygens (including phenoxy) is 1. The minimum Gasteiger partial charge on any atom is -0.489 e. The van der Waals surface area contributed by atoms with Crippen molar-refractivity contribution in [3.05, 3.63) is 71.6 Å². The Kier molecular flexibility index (Phi) is 4.50.